The van der Waals surface area contributed by atoms with E-state index in [1.807, 2.05) is 73.2 Å². The standard InChI is InChI=1S/C29H28N6O.C29H28N6.C28H28N6O/c30-28-27-26(21-7-6-20-8-9-24(32-25(20)18-21)19-4-2-1-3-5-19)33-29(35(27)11-10-31-28)22-16-23(17-22)34-12-14-36-15-13-34;30-28-27-26(21-9-8-20-10-11-24(32-25(20)18-21)19-6-2-1-3-7-19)33-29(35(27)15-12-31-28)22-16-23(17-22)34-13-4-5-14-34;1-35-14-12-30-22-15-21(16-22)28-33-25(26-27(29)31-11-13-34(26)28)20-8-7-19-9-10-23(32-24(19)17-20)18-5-3-2-4-6-18/h1-11,18,22-23H,12-17H2,(H2,30,31);1-3,6-12,15,18,22-23H,4-5,13-14,16-17H2,(H2,30,31);2-11,13,17,21-22,30H,12,14-16H2,1H3,(H2,29,31). The Labute approximate surface area is 614 Å². The number of methoxy groups -OCH3 is 1. The zero-order valence-corrected chi connectivity index (χ0v) is 59.4. The van der Waals surface area contributed by atoms with Gasteiger partial charge in [0.1, 0.15) is 68.6 Å². The molecule has 3 aliphatic carbocycles. The Morgan fingerprint density at radius 1 is 0.406 bits per heavy atom. The van der Waals surface area contributed by atoms with Gasteiger partial charge in [-0.05, 0) is 101 Å². The normalized spacial score (nSPS) is 19.6. The van der Waals surface area contributed by atoms with Gasteiger partial charge in [-0.25, -0.2) is 44.9 Å². The SMILES string of the molecule is COCCNC1CC(c2nc(-c3ccc4ccc(-c5ccccc5)nc4c3)c3c(N)nccn23)C1.Nc1nccn2c(C3CC(N4CCCC4)C3)nc(-c3ccc4ccc(-c5ccccc5)nc4c3)c12.Nc1nccn2c(C3CC(N4CCOCC4)C3)nc(-c3ccc4ccc(-c5ccccc5)nc4c3)c12. The number of ether oxygens (including phenoxy) is 2. The average Bonchev–Trinajstić information content (AvgIpc) is 1.60. The molecule has 20 nitrogen and oxygen atoms in total. The maximum Gasteiger partial charge on any atom is 0.150 e. The van der Waals surface area contributed by atoms with Crippen LogP contribution in [0.15, 0.2) is 219 Å². The zero-order valence-electron chi connectivity index (χ0n) is 59.4. The molecule has 106 heavy (non-hydrogen) atoms. The molecule has 0 unspecified atom stereocenters. The highest BCUT2D eigenvalue weighted by molar-refractivity contribution is 5.94. The van der Waals surface area contributed by atoms with Crippen LogP contribution in [0.5, 0.6) is 0 Å². The summed E-state index contributed by atoms with van der Waals surface area (Å²) in [4.78, 5) is 48.8. The summed E-state index contributed by atoms with van der Waals surface area (Å²) in [5, 5.41) is 6.84. The van der Waals surface area contributed by atoms with Crippen LogP contribution in [0.3, 0.4) is 0 Å². The molecule has 3 saturated carbocycles. The second kappa shape index (κ2) is 28.9. The predicted octanol–water partition coefficient (Wildman–Crippen LogP) is 15.0. The van der Waals surface area contributed by atoms with E-state index in [4.69, 9.17) is 56.6 Å². The molecular weight excluding hydrogens is 1320 g/mol. The third kappa shape index (κ3) is 13.0. The number of benzene rings is 6. The molecule has 0 bridgehead atoms. The van der Waals surface area contributed by atoms with Crippen molar-refractivity contribution in [1.82, 2.24) is 73.2 Å². The van der Waals surface area contributed by atoms with Gasteiger partial charge in [0.2, 0.25) is 0 Å². The molecule has 6 aromatic carbocycles. The van der Waals surface area contributed by atoms with E-state index < -0.39 is 0 Å². The van der Waals surface area contributed by atoms with Crippen LogP contribution in [0.25, 0.3) is 117 Å². The Morgan fingerprint density at radius 2 is 0.755 bits per heavy atom. The summed E-state index contributed by atoms with van der Waals surface area (Å²) in [5.74, 6) is 5.96. The number of imidazole rings is 3. The maximum absolute atomic E-state index is 6.41. The Balaban J connectivity index is 0.000000113. The van der Waals surface area contributed by atoms with E-state index in [9.17, 15) is 0 Å². The van der Waals surface area contributed by atoms with Crippen LogP contribution in [0.2, 0.25) is 0 Å². The number of hydrogen-bond acceptors (Lipinski definition) is 17. The highest BCUT2D eigenvalue weighted by Crippen LogP contribution is 2.46. The summed E-state index contributed by atoms with van der Waals surface area (Å²) >= 11 is 0. The quantitative estimate of drug-likeness (QED) is 0.0697. The number of rotatable bonds is 15. The lowest BCUT2D eigenvalue weighted by Crippen LogP contribution is -2.49. The summed E-state index contributed by atoms with van der Waals surface area (Å²) in [6.45, 7) is 7.81. The van der Waals surface area contributed by atoms with Crippen LogP contribution in [0.1, 0.15) is 86.6 Å². The van der Waals surface area contributed by atoms with Crippen molar-refractivity contribution in [2.24, 2.45) is 0 Å². The Kier molecular flexibility index (Phi) is 18.2. The number of aromatic nitrogens is 12. The number of nitrogens with two attached hydrogens (primary N) is 3. The molecule has 15 aromatic rings. The molecule has 0 amide bonds. The Morgan fingerprint density at radius 3 is 1.12 bits per heavy atom. The Bertz CT molecular complexity index is 5680. The number of nitrogens with zero attached hydrogens (tertiary/aromatic N) is 14. The molecule has 9 aromatic heterocycles. The van der Waals surface area contributed by atoms with Crippen LogP contribution in [0.4, 0.5) is 17.5 Å². The van der Waals surface area contributed by atoms with E-state index in [0.717, 1.165) is 199 Å². The van der Waals surface area contributed by atoms with Crippen molar-refractivity contribution in [3.8, 4) is 67.5 Å². The first kappa shape index (κ1) is 66.6. The van der Waals surface area contributed by atoms with Crippen LogP contribution in [-0.2, 0) is 9.47 Å². The van der Waals surface area contributed by atoms with Gasteiger partial charge in [0.25, 0.3) is 0 Å². The first-order chi connectivity index (χ1) is 52.2. The molecule has 2 saturated heterocycles. The van der Waals surface area contributed by atoms with Crippen molar-refractivity contribution in [1.29, 1.82) is 0 Å². The first-order valence-electron chi connectivity index (χ1n) is 37.3. The number of morpholine rings is 1. The summed E-state index contributed by atoms with van der Waals surface area (Å²) < 4.78 is 17.1. The lowest BCUT2D eigenvalue weighted by Gasteiger charge is -2.43. The summed E-state index contributed by atoms with van der Waals surface area (Å²) in [6.07, 6.45) is 20.6. The highest BCUT2D eigenvalue weighted by Gasteiger charge is 2.40. The Hall–Kier alpha value is -11.4. The molecule has 7 N–H and O–H groups in total. The largest absolute Gasteiger partial charge is 0.383 e. The van der Waals surface area contributed by atoms with Gasteiger partial charge < -0.3 is 36.9 Å². The fourth-order valence-corrected chi connectivity index (χ4v) is 16.4. The zero-order chi connectivity index (χ0) is 71.2. The molecule has 0 spiro atoms. The minimum absolute atomic E-state index is 0.376. The number of hydrogen-bond donors (Lipinski definition) is 4. The van der Waals surface area contributed by atoms with Crippen molar-refractivity contribution in [3.05, 3.63) is 237 Å². The van der Waals surface area contributed by atoms with E-state index >= 15 is 0 Å². The van der Waals surface area contributed by atoms with E-state index in [1.165, 1.54) is 38.8 Å². The van der Waals surface area contributed by atoms with Crippen molar-refractivity contribution in [2.75, 3.05) is 76.9 Å². The van der Waals surface area contributed by atoms with Gasteiger partial charge in [-0.3, -0.25) is 18.1 Å². The topological polar surface area (TPSA) is 244 Å². The third-order valence-electron chi connectivity index (χ3n) is 22.4. The fraction of sp³-hybridized carbons (Fsp3) is 0.267. The smallest absolute Gasteiger partial charge is 0.150 e. The molecule has 20 rings (SSSR count). The van der Waals surface area contributed by atoms with Crippen LogP contribution in [0, 0.1) is 0 Å². The summed E-state index contributed by atoms with van der Waals surface area (Å²) in [7, 11) is 1.73. The molecule has 0 radical (unpaired) electrons. The number of nitrogens with one attached hydrogen (secondary N) is 1. The van der Waals surface area contributed by atoms with E-state index in [2.05, 4.69) is 171 Å². The average molecular weight is 1400 g/mol. The monoisotopic (exact) mass is 1400 g/mol. The van der Waals surface area contributed by atoms with Gasteiger partial charge in [0.15, 0.2) is 0 Å². The summed E-state index contributed by atoms with van der Waals surface area (Å²) in [5.41, 5.74) is 36.5. The third-order valence-corrected chi connectivity index (χ3v) is 22.4. The maximum atomic E-state index is 6.41. The number of pyridine rings is 3. The first-order valence-corrected chi connectivity index (χ1v) is 37.3. The molecule has 530 valence electrons. The molecule has 11 heterocycles. The molecule has 5 fully saturated rings. The second-order valence-corrected chi connectivity index (χ2v) is 28.8. The van der Waals surface area contributed by atoms with E-state index in [0.29, 0.717) is 53.3 Å². The number of fused-ring (bicyclic) bond motifs is 6. The number of likely N-dealkylation sites (tertiary alicyclic amines) is 1. The fourth-order valence-electron chi connectivity index (χ4n) is 16.4. The van der Waals surface area contributed by atoms with E-state index in [1.54, 1.807) is 25.7 Å². The van der Waals surface area contributed by atoms with Crippen molar-refractivity contribution < 1.29 is 9.47 Å². The van der Waals surface area contributed by atoms with Gasteiger partial charge in [0, 0.05) is 149 Å². The molecule has 20 heteroatoms. The van der Waals surface area contributed by atoms with Gasteiger partial charge in [0.05, 0.1) is 53.5 Å². The molecule has 5 aliphatic rings. The highest BCUT2D eigenvalue weighted by atomic mass is 16.5. The molecule has 0 atom stereocenters. The van der Waals surface area contributed by atoms with Crippen molar-refractivity contribution in [3.63, 3.8) is 0 Å². The minimum atomic E-state index is 0.376. The van der Waals surface area contributed by atoms with Crippen molar-refractivity contribution in [2.45, 2.75) is 87.2 Å². The van der Waals surface area contributed by atoms with Gasteiger partial charge in [-0.2, -0.15) is 0 Å². The van der Waals surface area contributed by atoms with Gasteiger partial charge >= 0.3 is 0 Å². The molecular formula is C86H84N18O2. The van der Waals surface area contributed by atoms with Gasteiger partial charge in [-0.1, -0.05) is 146 Å². The number of nitrogen functional groups attached to an aromatic ring is 3. The van der Waals surface area contributed by atoms with E-state index in [-0.39, 0.29) is 0 Å². The number of anilines is 3. The summed E-state index contributed by atoms with van der Waals surface area (Å²) in [6, 6.07) is 64.2. The minimum Gasteiger partial charge on any atom is -0.383 e. The van der Waals surface area contributed by atoms with Crippen molar-refractivity contribution >= 4 is 66.7 Å². The van der Waals surface area contributed by atoms with Crippen LogP contribution >= 0.6 is 0 Å². The lowest BCUT2D eigenvalue weighted by atomic mass is 9.78. The molecule has 2 aliphatic heterocycles. The van der Waals surface area contributed by atoms with Crippen LogP contribution < -0.4 is 22.5 Å². The van der Waals surface area contributed by atoms with Crippen LogP contribution in [-0.4, -0.2) is 146 Å². The second-order valence-electron chi connectivity index (χ2n) is 28.8. The van der Waals surface area contributed by atoms with Gasteiger partial charge in [-0.15, -0.1) is 0 Å². The lowest BCUT2D eigenvalue weighted by molar-refractivity contribution is -0.00778. The predicted molar refractivity (Wildman–Crippen MR) is 421 cm³/mol.